The van der Waals surface area contributed by atoms with E-state index in [-0.39, 0.29) is 68.9 Å². The number of amides is 7. The van der Waals surface area contributed by atoms with Crippen LogP contribution < -0.4 is 65.9 Å². The molecule has 24 heteroatoms. The van der Waals surface area contributed by atoms with Gasteiger partial charge in [-0.2, -0.15) is 0 Å². The van der Waals surface area contributed by atoms with Crippen molar-refractivity contribution in [3.05, 3.63) is 36.0 Å². The number of aliphatic imine (C=N–C) groups is 2. The summed E-state index contributed by atoms with van der Waals surface area (Å²) in [5.41, 5.74) is 28.8. The second-order valence-electron chi connectivity index (χ2n) is 17.4. The van der Waals surface area contributed by atoms with Crippen LogP contribution in [-0.2, 0) is 44.8 Å². The summed E-state index contributed by atoms with van der Waals surface area (Å²) < 4.78 is 0. The highest BCUT2D eigenvalue weighted by Gasteiger charge is 2.33. The van der Waals surface area contributed by atoms with Crippen molar-refractivity contribution in [1.82, 2.24) is 42.2 Å². The molecule has 0 radical (unpaired) electrons. The molecule has 0 aliphatic heterocycles. The van der Waals surface area contributed by atoms with Gasteiger partial charge in [0.05, 0.1) is 19.1 Å². The number of rotatable bonds is 30. The molecule has 0 aliphatic rings. The average molecular weight is 956 g/mol. The Morgan fingerprint density at radius 2 is 1.19 bits per heavy atom. The molecule has 68 heavy (non-hydrogen) atoms. The molecule has 19 N–H and O–H groups in total. The normalized spacial score (nSPS) is 14.2. The molecule has 0 bridgehead atoms. The molecule has 0 saturated carbocycles. The largest absolute Gasteiger partial charge is 0.480 e. The quantitative estimate of drug-likeness (QED) is 0.0221. The molecule has 1 aromatic carbocycles. The average Bonchev–Trinajstić information content (AvgIpc) is 3.68. The van der Waals surface area contributed by atoms with Crippen molar-refractivity contribution in [2.24, 2.45) is 56.4 Å². The highest BCUT2D eigenvalue weighted by molar-refractivity contribution is 5.96. The summed E-state index contributed by atoms with van der Waals surface area (Å²) in [7, 11) is 0. The number of aromatic nitrogens is 1. The molecule has 24 nitrogen and oxygen atoms in total. The van der Waals surface area contributed by atoms with Gasteiger partial charge in [-0.25, -0.2) is 4.79 Å². The Labute approximate surface area is 396 Å². The lowest BCUT2D eigenvalue weighted by atomic mass is 9.96. The van der Waals surface area contributed by atoms with Gasteiger partial charge in [0.1, 0.15) is 30.2 Å². The van der Waals surface area contributed by atoms with Gasteiger partial charge in [0.2, 0.25) is 41.4 Å². The number of guanidine groups is 2. The van der Waals surface area contributed by atoms with Gasteiger partial charge in [-0.1, -0.05) is 66.2 Å². The van der Waals surface area contributed by atoms with Crippen LogP contribution in [0.2, 0.25) is 0 Å². The van der Waals surface area contributed by atoms with Crippen LogP contribution in [0, 0.1) is 17.8 Å². The first-order valence-corrected chi connectivity index (χ1v) is 22.7. The molecule has 0 fully saturated rings. The number of carboxylic acid groups (broad SMARTS) is 1. The first kappa shape index (κ1) is 57.1. The summed E-state index contributed by atoms with van der Waals surface area (Å²) in [6.45, 7) is 9.84. The van der Waals surface area contributed by atoms with E-state index in [0.29, 0.717) is 18.4 Å². The zero-order chi connectivity index (χ0) is 51.1. The van der Waals surface area contributed by atoms with E-state index in [2.05, 4.69) is 52.2 Å². The smallest absolute Gasteiger partial charge is 0.326 e. The molecule has 7 amide bonds. The zero-order valence-corrected chi connectivity index (χ0v) is 39.9. The number of para-hydroxylation sites is 1. The third kappa shape index (κ3) is 20.3. The number of nitrogens with two attached hydrogens (primary N) is 5. The van der Waals surface area contributed by atoms with Crippen molar-refractivity contribution >= 4 is 70.1 Å². The first-order valence-electron chi connectivity index (χ1n) is 22.7. The van der Waals surface area contributed by atoms with Crippen molar-refractivity contribution < 1.29 is 43.5 Å². The molecule has 1 heterocycles. The van der Waals surface area contributed by atoms with Gasteiger partial charge in [0.25, 0.3) is 0 Å². The minimum Gasteiger partial charge on any atom is -0.480 e. The van der Waals surface area contributed by atoms with E-state index in [9.17, 15) is 43.5 Å². The fraction of sp³-hybridized carbons (Fsp3) is 0.591. The highest BCUT2D eigenvalue weighted by atomic mass is 16.4. The molecule has 1 aromatic heterocycles. The van der Waals surface area contributed by atoms with Gasteiger partial charge in [-0.3, -0.25) is 43.5 Å². The number of H-pyrrole nitrogens is 1. The first-order chi connectivity index (χ1) is 32.0. The SMILES string of the molecule is CC[C@H](C)[C@H](NC(=O)[C@H](CC(C)C)NC(=O)CNC(=O)[C@@H](NC(=O)[C@@H](N)CCCN=C(N)N)C(C)C)C(=O)NCC(=O)N[C@@H](Cc1c[nH]c2ccccc12)C(=O)N[C@@H](CCCN=C(N)N)C(=O)O. The van der Waals surface area contributed by atoms with Gasteiger partial charge in [0.15, 0.2) is 11.9 Å². The molecular weight excluding hydrogens is 883 g/mol. The number of hydrogen-bond donors (Lipinski definition) is 14. The molecular formula is C44H73N15O9. The maximum atomic E-state index is 13.8. The van der Waals surface area contributed by atoms with Gasteiger partial charge >= 0.3 is 5.97 Å². The monoisotopic (exact) mass is 956 g/mol. The van der Waals surface area contributed by atoms with E-state index in [4.69, 9.17) is 28.7 Å². The molecule has 0 saturated heterocycles. The Kier molecular flexibility index (Phi) is 24.3. The number of aliphatic carboxylic acids is 1. The molecule has 378 valence electrons. The van der Waals surface area contributed by atoms with E-state index in [1.165, 1.54) is 0 Å². The van der Waals surface area contributed by atoms with Gasteiger partial charge in [-0.15, -0.1) is 0 Å². The van der Waals surface area contributed by atoms with Crippen molar-refractivity contribution in [2.45, 2.75) is 123 Å². The zero-order valence-electron chi connectivity index (χ0n) is 39.9. The van der Waals surface area contributed by atoms with Gasteiger partial charge < -0.3 is 76.0 Å². The van der Waals surface area contributed by atoms with Crippen LogP contribution >= 0.6 is 0 Å². The van der Waals surface area contributed by atoms with Crippen molar-refractivity contribution in [1.29, 1.82) is 0 Å². The third-order valence-corrected chi connectivity index (χ3v) is 10.9. The number of hydrogen-bond acceptors (Lipinski definition) is 11. The lowest BCUT2D eigenvalue weighted by Crippen LogP contribution is -2.58. The van der Waals surface area contributed by atoms with Crippen molar-refractivity contribution in [2.75, 3.05) is 26.2 Å². The fourth-order valence-electron chi connectivity index (χ4n) is 6.91. The topological polar surface area (TPSA) is 412 Å². The second kappa shape index (κ2) is 28.9. The molecule has 0 aliphatic carbocycles. The number of carboxylic acids is 1. The predicted octanol–water partition coefficient (Wildman–Crippen LogP) is -2.37. The molecule has 2 rings (SSSR count). The number of carbonyl (C=O) groups is 8. The lowest BCUT2D eigenvalue weighted by Gasteiger charge is -2.27. The maximum absolute atomic E-state index is 13.8. The van der Waals surface area contributed by atoms with E-state index < -0.39 is 103 Å². The van der Waals surface area contributed by atoms with Crippen LogP contribution in [0.25, 0.3) is 10.9 Å². The van der Waals surface area contributed by atoms with E-state index >= 15 is 0 Å². The number of carbonyl (C=O) groups excluding carboxylic acids is 7. The Morgan fingerprint density at radius 3 is 1.74 bits per heavy atom. The maximum Gasteiger partial charge on any atom is 0.326 e. The number of fused-ring (bicyclic) bond motifs is 1. The molecule has 7 atom stereocenters. The number of benzene rings is 1. The number of nitrogens with one attached hydrogen (secondary N) is 8. The third-order valence-electron chi connectivity index (χ3n) is 10.9. The second-order valence-corrected chi connectivity index (χ2v) is 17.4. The predicted molar refractivity (Wildman–Crippen MR) is 257 cm³/mol. The highest BCUT2D eigenvalue weighted by Crippen LogP contribution is 2.19. The summed E-state index contributed by atoms with van der Waals surface area (Å²) in [6, 6.07) is 0.407. The lowest BCUT2D eigenvalue weighted by molar-refractivity contribution is -0.142. The van der Waals surface area contributed by atoms with Crippen LogP contribution in [0.3, 0.4) is 0 Å². The summed E-state index contributed by atoms with van der Waals surface area (Å²) >= 11 is 0. The van der Waals surface area contributed by atoms with Crippen LogP contribution in [0.5, 0.6) is 0 Å². The standard InChI is InChI=1S/C44H73N15O9/c1-7-25(6)36(59-39(64)31(18-23(2)3)55-33(60)21-53-40(65)35(24(4)5)58-37(62)28(45)13-10-16-50-43(46)47)41(66)54-22-34(61)56-32(19-26-20-52-29-14-9-8-12-27(26)29)38(63)57-30(42(67)68)15-11-17-51-44(48)49/h8-9,12,14,20,23-25,28,30-32,35-36,52H,7,10-11,13,15-19,21-22,45H2,1-6H3,(H,53,65)(H,54,66)(H,55,60)(H,56,61)(H,57,63)(H,58,62)(H,59,64)(H,67,68)(H4,46,47,50)(H4,48,49,51)/t25-,28-,30-,31-,32-,35-,36-/m0/s1. The minimum atomic E-state index is -1.33. The summed E-state index contributed by atoms with van der Waals surface area (Å²) in [4.78, 5) is 117. The van der Waals surface area contributed by atoms with E-state index in [1.54, 1.807) is 40.0 Å². The fourth-order valence-corrected chi connectivity index (χ4v) is 6.91. The van der Waals surface area contributed by atoms with Crippen LogP contribution in [0.4, 0.5) is 0 Å². The summed E-state index contributed by atoms with van der Waals surface area (Å²) in [6.07, 6.45) is 3.13. The molecule has 2 aromatic rings. The molecule has 0 spiro atoms. The number of aromatic amines is 1. The van der Waals surface area contributed by atoms with Gasteiger partial charge in [-0.05, 0) is 61.5 Å². The minimum absolute atomic E-state index is 0.01000. The van der Waals surface area contributed by atoms with Crippen molar-refractivity contribution in [3.63, 3.8) is 0 Å². The molecule has 0 unspecified atom stereocenters. The Balaban J connectivity index is 2.14. The van der Waals surface area contributed by atoms with Gasteiger partial charge in [0, 0.05) is 36.6 Å². The van der Waals surface area contributed by atoms with E-state index in [0.717, 1.165) is 10.9 Å². The number of nitrogens with zero attached hydrogens (tertiary/aromatic N) is 2. The van der Waals surface area contributed by atoms with E-state index in [1.807, 2.05) is 32.0 Å². The van der Waals surface area contributed by atoms with Crippen LogP contribution in [0.1, 0.15) is 85.6 Å². The summed E-state index contributed by atoms with van der Waals surface area (Å²) in [5.74, 6) is -7.39. The Bertz CT molecular complexity index is 2080. The Hall–Kier alpha value is -6.98. The van der Waals surface area contributed by atoms with Crippen molar-refractivity contribution in [3.8, 4) is 0 Å². The Morgan fingerprint density at radius 1 is 0.662 bits per heavy atom. The van der Waals surface area contributed by atoms with Crippen LogP contribution in [-0.4, -0.2) is 132 Å². The summed E-state index contributed by atoms with van der Waals surface area (Å²) in [5, 5.41) is 28.7. The van der Waals surface area contributed by atoms with Crippen LogP contribution in [0.15, 0.2) is 40.4 Å².